The molecular weight excluding hydrogens is 176 g/mol. The van der Waals surface area contributed by atoms with Gasteiger partial charge in [0, 0.05) is 18.1 Å². The summed E-state index contributed by atoms with van der Waals surface area (Å²) in [5, 5.41) is 0. The maximum Gasteiger partial charge on any atom is 0.167 e. The average Bonchev–Trinajstić information content (AvgIpc) is 2.26. The van der Waals surface area contributed by atoms with Crippen molar-refractivity contribution < 1.29 is 9.53 Å². The Labute approximate surface area is 84.9 Å². The largest absolute Gasteiger partial charge is 0.381 e. The molecule has 0 heterocycles. The molecule has 0 bridgehead atoms. The van der Waals surface area contributed by atoms with Crippen molar-refractivity contribution in [2.75, 3.05) is 13.2 Å². The molecule has 0 saturated carbocycles. The summed E-state index contributed by atoms with van der Waals surface area (Å²) in [7, 11) is 0. The molecule has 0 aliphatic rings. The van der Waals surface area contributed by atoms with E-state index >= 15 is 0 Å². The highest BCUT2D eigenvalue weighted by atomic mass is 16.5. The number of rotatable bonds is 5. The van der Waals surface area contributed by atoms with Crippen LogP contribution >= 0.6 is 0 Å². The quantitative estimate of drug-likeness (QED) is 0.670. The molecule has 0 N–H and O–H groups in total. The van der Waals surface area contributed by atoms with Crippen molar-refractivity contribution >= 4 is 5.78 Å². The van der Waals surface area contributed by atoms with E-state index in [0.717, 1.165) is 5.56 Å². The standard InChI is InChI=1S/C12H16O2/c1-3-14-9-10(2)12(13)11-7-5-4-6-8-11/h4-8,10H,3,9H2,1-2H3. The Morgan fingerprint density at radius 2 is 2.00 bits per heavy atom. The summed E-state index contributed by atoms with van der Waals surface area (Å²) in [5.41, 5.74) is 0.764. The fourth-order valence-corrected chi connectivity index (χ4v) is 1.26. The van der Waals surface area contributed by atoms with Crippen LogP contribution in [0.2, 0.25) is 0 Å². The lowest BCUT2D eigenvalue weighted by atomic mass is 10.0. The molecule has 0 spiro atoms. The third kappa shape index (κ3) is 2.96. The SMILES string of the molecule is CCOCC(C)C(=O)c1ccccc1. The van der Waals surface area contributed by atoms with Crippen molar-refractivity contribution in [2.45, 2.75) is 13.8 Å². The number of carbonyl (C=O) groups excluding carboxylic acids is 1. The van der Waals surface area contributed by atoms with Gasteiger partial charge in [-0.25, -0.2) is 0 Å². The molecule has 0 fully saturated rings. The van der Waals surface area contributed by atoms with Crippen LogP contribution in [0.3, 0.4) is 0 Å². The number of Topliss-reactive ketones (excluding diaryl/α,β-unsaturated/α-hetero) is 1. The zero-order chi connectivity index (χ0) is 10.4. The molecule has 0 aliphatic carbocycles. The Morgan fingerprint density at radius 3 is 2.57 bits per heavy atom. The van der Waals surface area contributed by atoms with Crippen molar-refractivity contribution in [2.24, 2.45) is 5.92 Å². The second-order valence-electron chi connectivity index (χ2n) is 3.29. The van der Waals surface area contributed by atoms with Crippen LogP contribution in [0.15, 0.2) is 30.3 Å². The summed E-state index contributed by atoms with van der Waals surface area (Å²) in [6, 6.07) is 9.33. The number of hydrogen-bond acceptors (Lipinski definition) is 2. The van der Waals surface area contributed by atoms with E-state index in [1.807, 2.05) is 44.2 Å². The summed E-state index contributed by atoms with van der Waals surface area (Å²) < 4.78 is 5.22. The van der Waals surface area contributed by atoms with Crippen molar-refractivity contribution in [3.05, 3.63) is 35.9 Å². The second-order valence-corrected chi connectivity index (χ2v) is 3.29. The minimum atomic E-state index is -0.0580. The predicted octanol–water partition coefficient (Wildman–Crippen LogP) is 2.54. The summed E-state index contributed by atoms with van der Waals surface area (Å²) in [5.74, 6) is 0.0939. The van der Waals surface area contributed by atoms with E-state index < -0.39 is 0 Å². The van der Waals surface area contributed by atoms with E-state index in [4.69, 9.17) is 4.74 Å². The highest BCUT2D eigenvalue weighted by molar-refractivity contribution is 5.97. The van der Waals surface area contributed by atoms with Crippen LogP contribution in [0, 0.1) is 5.92 Å². The number of ketones is 1. The van der Waals surface area contributed by atoms with E-state index in [9.17, 15) is 4.79 Å². The fraction of sp³-hybridized carbons (Fsp3) is 0.417. The Morgan fingerprint density at radius 1 is 1.36 bits per heavy atom. The molecule has 0 saturated heterocycles. The third-order valence-electron chi connectivity index (χ3n) is 2.08. The molecule has 0 radical (unpaired) electrons. The first-order valence-corrected chi connectivity index (χ1v) is 4.92. The summed E-state index contributed by atoms with van der Waals surface area (Å²) in [4.78, 5) is 11.8. The maximum atomic E-state index is 11.8. The molecule has 2 nitrogen and oxygen atoms in total. The van der Waals surface area contributed by atoms with E-state index in [1.54, 1.807) is 0 Å². The topological polar surface area (TPSA) is 26.3 Å². The van der Waals surface area contributed by atoms with Gasteiger partial charge in [-0.2, -0.15) is 0 Å². The van der Waals surface area contributed by atoms with E-state index in [1.165, 1.54) is 0 Å². The van der Waals surface area contributed by atoms with Crippen molar-refractivity contribution in [1.82, 2.24) is 0 Å². The van der Waals surface area contributed by atoms with Crippen LogP contribution in [0.4, 0.5) is 0 Å². The van der Waals surface area contributed by atoms with E-state index in [2.05, 4.69) is 0 Å². The number of benzene rings is 1. The highest BCUT2D eigenvalue weighted by Gasteiger charge is 2.14. The van der Waals surface area contributed by atoms with Gasteiger partial charge in [0.25, 0.3) is 0 Å². The summed E-state index contributed by atoms with van der Waals surface area (Å²) >= 11 is 0. The molecule has 0 aromatic heterocycles. The molecule has 0 aliphatic heterocycles. The van der Waals surface area contributed by atoms with E-state index in [0.29, 0.717) is 13.2 Å². The molecule has 0 amide bonds. The number of hydrogen-bond donors (Lipinski definition) is 0. The molecule has 1 rings (SSSR count). The number of ether oxygens (including phenoxy) is 1. The third-order valence-corrected chi connectivity index (χ3v) is 2.08. The van der Waals surface area contributed by atoms with Gasteiger partial charge in [0.05, 0.1) is 6.61 Å². The Hall–Kier alpha value is -1.15. The Kier molecular flexibility index (Phi) is 4.33. The molecule has 1 unspecified atom stereocenters. The zero-order valence-electron chi connectivity index (χ0n) is 8.69. The van der Waals surface area contributed by atoms with Gasteiger partial charge in [0.15, 0.2) is 5.78 Å². The monoisotopic (exact) mass is 192 g/mol. The van der Waals surface area contributed by atoms with Gasteiger partial charge in [-0.3, -0.25) is 4.79 Å². The maximum absolute atomic E-state index is 11.8. The van der Waals surface area contributed by atoms with Gasteiger partial charge in [-0.05, 0) is 6.92 Å². The van der Waals surface area contributed by atoms with Crippen LogP contribution in [0.5, 0.6) is 0 Å². The average molecular weight is 192 g/mol. The molecule has 1 aromatic carbocycles. The predicted molar refractivity (Wildman–Crippen MR) is 56.4 cm³/mol. The molecular formula is C12H16O2. The fourth-order valence-electron chi connectivity index (χ4n) is 1.26. The lowest BCUT2D eigenvalue weighted by Crippen LogP contribution is -2.17. The first-order valence-electron chi connectivity index (χ1n) is 4.92. The lowest BCUT2D eigenvalue weighted by molar-refractivity contribution is 0.0762. The molecule has 2 heteroatoms. The lowest BCUT2D eigenvalue weighted by Gasteiger charge is -2.09. The number of carbonyl (C=O) groups is 1. The Balaban J connectivity index is 2.57. The van der Waals surface area contributed by atoms with Gasteiger partial charge in [-0.15, -0.1) is 0 Å². The minimum absolute atomic E-state index is 0.0580. The van der Waals surface area contributed by atoms with Crippen molar-refractivity contribution in [3.8, 4) is 0 Å². The summed E-state index contributed by atoms with van der Waals surface area (Å²) in [6.07, 6.45) is 0. The molecule has 1 aromatic rings. The first kappa shape index (κ1) is 10.9. The van der Waals surface area contributed by atoms with Gasteiger partial charge >= 0.3 is 0 Å². The second kappa shape index (κ2) is 5.55. The minimum Gasteiger partial charge on any atom is -0.381 e. The van der Waals surface area contributed by atoms with Crippen molar-refractivity contribution in [3.63, 3.8) is 0 Å². The van der Waals surface area contributed by atoms with Crippen LogP contribution in [0.1, 0.15) is 24.2 Å². The van der Waals surface area contributed by atoms with E-state index in [-0.39, 0.29) is 11.7 Å². The van der Waals surface area contributed by atoms with Gasteiger partial charge in [-0.1, -0.05) is 37.3 Å². The van der Waals surface area contributed by atoms with Crippen LogP contribution < -0.4 is 0 Å². The summed E-state index contributed by atoms with van der Waals surface area (Å²) in [6.45, 7) is 4.99. The normalized spacial score (nSPS) is 12.4. The van der Waals surface area contributed by atoms with Gasteiger partial charge in [0.2, 0.25) is 0 Å². The molecule has 1 atom stereocenters. The highest BCUT2D eigenvalue weighted by Crippen LogP contribution is 2.08. The molecule has 14 heavy (non-hydrogen) atoms. The first-order chi connectivity index (χ1) is 6.75. The van der Waals surface area contributed by atoms with Gasteiger partial charge < -0.3 is 4.74 Å². The van der Waals surface area contributed by atoms with Crippen LogP contribution in [-0.2, 0) is 4.74 Å². The van der Waals surface area contributed by atoms with Crippen molar-refractivity contribution in [1.29, 1.82) is 0 Å². The molecule has 76 valence electrons. The Bertz CT molecular complexity index is 280. The zero-order valence-corrected chi connectivity index (χ0v) is 8.69. The van der Waals surface area contributed by atoms with Crippen LogP contribution in [0.25, 0.3) is 0 Å². The van der Waals surface area contributed by atoms with Crippen LogP contribution in [-0.4, -0.2) is 19.0 Å². The van der Waals surface area contributed by atoms with Gasteiger partial charge in [0.1, 0.15) is 0 Å². The smallest absolute Gasteiger partial charge is 0.167 e.